The van der Waals surface area contributed by atoms with Crippen LogP contribution < -0.4 is 4.74 Å². The molecule has 0 saturated carbocycles. The van der Waals surface area contributed by atoms with Crippen molar-refractivity contribution in [3.8, 4) is 5.75 Å². The molecule has 2 aromatic rings. The van der Waals surface area contributed by atoms with Crippen molar-refractivity contribution >= 4 is 11.9 Å². The van der Waals surface area contributed by atoms with Crippen molar-refractivity contribution in [1.82, 2.24) is 4.90 Å². The number of hydrogen-bond donors (Lipinski definition) is 0. The summed E-state index contributed by atoms with van der Waals surface area (Å²) >= 11 is 0. The van der Waals surface area contributed by atoms with Crippen molar-refractivity contribution in [2.24, 2.45) is 11.8 Å². The molecule has 160 valence electrons. The second kappa shape index (κ2) is 7.54. The van der Waals surface area contributed by atoms with E-state index in [-0.39, 0.29) is 24.5 Å². The fourth-order valence-corrected chi connectivity index (χ4v) is 5.01. The second-order valence-corrected chi connectivity index (χ2v) is 8.41. The smallest absolute Gasteiger partial charge is 0.313 e. The third kappa shape index (κ3) is 3.22. The Kier molecular flexibility index (Phi) is 4.82. The van der Waals surface area contributed by atoms with Gasteiger partial charge in [0.15, 0.2) is 0 Å². The number of esters is 1. The Balaban J connectivity index is 1.34. The van der Waals surface area contributed by atoms with Gasteiger partial charge in [-0.25, -0.2) is 0 Å². The quantitative estimate of drug-likeness (QED) is 0.531. The first-order valence-electron chi connectivity index (χ1n) is 10.5. The maximum absolute atomic E-state index is 13.5. The van der Waals surface area contributed by atoms with Gasteiger partial charge in [0.2, 0.25) is 5.91 Å². The Morgan fingerprint density at radius 1 is 1.19 bits per heavy atom. The normalized spacial score (nSPS) is 29.2. The van der Waals surface area contributed by atoms with Crippen molar-refractivity contribution in [2.75, 3.05) is 13.7 Å². The van der Waals surface area contributed by atoms with Crippen LogP contribution in [0.1, 0.15) is 24.1 Å². The van der Waals surface area contributed by atoms with Gasteiger partial charge < -0.3 is 19.1 Å². The van der Waals surface area contributed by atoms with E-state index in [1.807, 2.05) is 78.6 Å². The third-order valence-corrected chi connectivity index (χ3v) is 6.69. The van der Waals surface area contributed by atoms with Crippen molar-refractivity contribution in [1.29, 1.82) is 0 Å². The summed E-state index contributed by atoms with van der Waals surface area (Å²) in [5.41, 5.74) is 1.17. The highest BCUT2D eigenvalue weighted by atomic mass is 16.6. The Morgan fingerprint density at radius 3 is 2.65 bits per heavy atom. The summed E-state index contributed by atoms with van der Waals surface area (Å²) in [5, 5.41) is 0. The average Bonchev–Trinajstić information content (AvgIpc) is 3.46. The largest absolute Gasteiger partial charge is 0.497 e. The van der Waals surface area contributed by atoms with Gasteiger partial charge in [0, 0.05) is 0 Å². The third-order valence-electron chi connectivity index (χ3n) is 6.69. The van der Waals surface area contributed by atoms with Crippen LogP contribution in [0.25, 0.3) is 0 Å². The van der Waals surface area contributed by atoms with Gasteiger partial charge in [0.05, 0.1) is 31.7 Å². The zero-order valence-corrected chi connectivity index (χ0v) is 17.6. The molecule has 6 heteroatoms. The van der Waals surface area contributed by atoms with Crippen molar-refractivity contribution in [3.05, 3.63) is 77.9 Å². The highest BCUT2D eigenvalue weighted by Crippen LogP contribution is 2.53. The number of ether oxygens (including phenoxy) is 3. The maximum atomic E-state index is 13.5. The highest BCUT2D eigenvalue weighted by Gasteiger charge is 2.67. The first kappa shape index (κ1) is 19.8. The van der Waals surface area contributed by atoms with E-state index in [0.717, 1.165) is 16.9 Å². The molecule has 2 saturated heterocycles. The Morgan fingerprint density at radius 2 is 1.94 bits per heavy atom. The van der Waals surface area contributed by atoms with E-state index in [1.54, 1.807) is 7.11 Å². The molecule has 2 aromatic carbocycles. The Hall–Kier alpha value is -3.12. The maximum Gasteiger partial charge on any atom is 0.313 e. The molecule has 2 bridgehead atoms. The number of likely N-dealkylation sites (tertiary alicyclic amines) is 1. The van der Waals surface area contributed by atoms with E-state index < -0.39 is 23.5 Å². The molecule has 0 aliphatic carbocycles. The van der Waals surface area contributed by atoms with Crippen LogP contribution in [0.4, 0.5) is 0 Å². The minimum absolute atomic E-state index is 0.0585. The SMILES string of the molecule is COc1ccc([C@H](C)N2C[C@@]34C=C[C@H](O3)[C@@H](C(=O)OCc3ccccc3)[C@H]4C2=O)cc1. The van der Waals surface area contributed by atoms with Gasteiger partial charge in [-0.05, 0) is 30.2 Å². The first-order valence-corrected chi connectivity index (χ1v) is 10.5. The van der Waals surface area contributed by atoms with E-state index in [9.17, 15) is 9.59 Å². The Bertz CT molecular complexity index is 1020. The predicted octanol–water partition coefficient (Wildman–Crippen LogP) is 3.28. The molecule has 5 atom stereocenters. The molecule has 0 aromatic heterocycles. The molecule has 5 rings (SSSR count). The lowest BCUT2D eigenvalue weighted by Crippen LogP contribution is -2.40. The van der Waals surface area contributed by atoms with E-state index in [1.165, 1.54) is 0 Å². The lowest BCUT2D eigenvalue weighted by Gasteiger charge is -2.27. The van der Waals surface area contributed by atoms with E-state index in [0.29, 0.717) is 6.54 Å². The number of nitrogens with zero attached hydrogens (tertiary/aromatic N) is 1. The van der Waals surface area contributed by atoms with Gasteiger partial charge in [-0.2, -0.15) is 0 Å². The van der Waals surface area contributed by atoms with Crippen LogP contribution >= 0.6 is 0 Å². The van der Waals surface area contributed by atoms with Crippen molar-refractivity contribution < 1.29 is 23.8 Å². The van der Waals surface area contributed by atoms with Gasteiger partial charge in [-0.3, -0.25) is 9.59 Å². The molecule has 31 heavy (non-hydrogen) atoms. The first-order chi connectivity index (χ1) is 15.0. The molecule has 1 amide bonds. The number of benzene rings is 2. The number of carbonyl (C=O) groups excluding carboxylic acids is 2. The van der Waals surface area contributed by atoms with E-state index in [4.69, 9.17) is 14.2 Å². The van der Waals surface area contributed by atoms with Crippen LogP contribution in [0.3, 0.4) is 0 Å². The summed E-state index contributed by atoms with van der Waals surface area (Å²) in [6, 6.07) is 17.1. The van der Waals surface area contributed by atoms with Gasteiger partial charge in [0.1, 0.15) is 23.9 Å². The molecule has 3 heterocycles. The monoisotopic (exact) mass is 419 g/mol. The van der Waals surface area contributed by atoms with Crippen molar-refractivity contribution in [2.45, 2.75) is 31.3 Å². The van der Waals surface area contributed by atoms with Crippen LogP contribution in [0.15, 0.2) is 66.7 Å². The standard InChI is InChI=1S/C25H25NO5/c1-16(18-8-10-19(29-2)11-9-18)26-15-25-13-12-20(31-25)21(22(25)23(26)27)24(28)30-14-17-6-4-3-5-7-17/h3-13,16,20-22H,14-15H2,1-2H3/t16-,20-,21+,22-,25+/m0/s1. The summed E-state index contributed by atoms with van der Waals surface area (Å²) in [4.78, 5) is 28.3. The molecule has 6 nitrogen and oxygen atoms in total. The second-order valence-electron chi connectivity index (χ2n) is 8.41. The summed E-state index contributed by atoms with van der Waals surface area (Å²) < 4.78 is 17.0. The summed E-state index contributed by atoms with van der Waals surface area (Å²) in [6.45, 7) is 2.61. The number of carbonyl (C=O) groups is 2. The summed E-state index contributed by atoms with van der Waals surface area (Å²) in [5.74, 6) is -0.833. The van der Waals surface area contributed by atoms with Crippen LogP contribution in [0.5, 0.6) is 5.75 Å². The van der Waals surface area contributed by atoms with Crippen LogP contribution in [-0.2, 0) is 25.7 Å². The number of rotatable bonds is 6. The minimum atomic E-state index is -0.751. The number of fused-ring (bicyclic) bond motifs is 1. The van der Waals surface area contributed by atoms with Crippen LogP contribution in [-0.4, -0.2) is 42.1 Å². The molecule has 0 unspecified atom stereocenters. The molecule has 2 fully saturated rings. The fourth-order valence-electron chi connectivity index (χ4n) is 5.01. The number of hydrogen-bond acceptors (Lipinski definition) is 5. The molecule has 3 aliphatic heterocycles. The van der Waals surface area contributed by atoms with Crippen molar-refractivity contribution in [3.63, 3.8) is 0 Å². The molecule has 3 aliphatic rings. The van der Waals surface area contributed by atoms with Crippen LogP contribution in [0, 0.1) is 11.8 Å². The highest BCUT2D eigenvalue weighted by molar-refractivity contribution is 5.91. The number of methoxy groups -OCH3 is 1. The number of amides is 1. The molecular weight excluding hydrogens is 394 g/mol. The van der Waals surface area contributed by atoms with Gasteiger partial charge in [-0.15, -0.1) is 0 Å². The molecule has 0 N–H and O–H groups in total. The zero-order chi connectivity index (χ0) is 21.6. The minimum Gasteiger partial charge on any atom is -0.497 e. The average molecular weight is 419 g/mol. The fraction of sp³-hybridized carbons (Fsp3) is 0.360. The van der Waals surface area contributed by atoms with E-state index >= 15 is 0 Å². The topological polar surface area (TPSA) is 65.1 Å². The lowest BCUT2D eigenvalue weighted by atomic mass is 9.77. The predicted molar refractivity (Wildman–Crippen MR) is 113 cm³/mol. The van der Waals surface area contributed by atoms with E-state index in [2.05, 4.69) is 0 Å². The molecular formula is C25H25NO5. The molecule has 1 spiro atoms. The van der Waals surface area contributed by atoms with Gasteiger partial charge >= 0.3 is 5.97 Å². The lowest BCUT2D eigenvalue weighted by molar-refractivity contribution is -0.155. The van der Waals surface area contributed by atoms with Crippen LogP contribution in [0.2, 0.25) is 0 Å². The summed E-state index contributed by atoms with van der Waals surface area (Å²) in [6.07, 6.45) is 3.46. The molecule has 0 radical (unpaired) electrons. The Labute approximate surface area is 181 Å². The summed E-state index contributed by atoms with van der Waals surface area (Å²) in [7, 11) is 1.62. The van der Waals surface area contributed by atoms with Gasteiger partial charge in [0.25, 0.3) is 0 Å². The zero-order valence-electron chi connectivity index (χ0n) is 17.6. The van der Waals surface area contributed by atoms with Gasteiger partial charge in [-0.1, -0.05) is 54.6 Å².